The van der Waals surface area contributed by atoms with Gasteiger partial charge >= 0.3 is 0 Å². The van der Waals surface area contributed by atoms with Crippen LogP contribution in [-0.2, 0) is 0 Å². The van der Waals surface area contributed by atoms with Crippen molar-refractivity contribution in [1.82, 2.24) is 4.57 Å². The number of hydrogen-bond donors (Lipinski definition) is 0. The predicted octanol–water partition coefficient (Wildman–Crippen LogP) is 19.2. The van der Waals surface area contributed by atoms with Crippen LogP contribution in [0.4, 0.5) is 17.1 Å². The van der Waals surface area contributed by atoms with E-state index in [-0.39, 0.29) is 0 Å². The lowest BCUT2D eigenvalue weighted by atomic mass is 9.94. The maximum atomic E-state index is 3.46. The molecule has 0 amide bonds. The van der Waals surface area contributed by atoms with Crippen molar-refractivity contribution in [3.63, 3.8) is 0 Å². The van der Waals surface area contributed by atoms with Crippen molar-refractivity contribution in [2.45, 2.75) is 6.92 Å². The average Bonchev–Trinajstić information content (AvgIpc) is 3.76. The second-order valence-electron chi connectivity index (χ2n) is 16.6. The molecular weight excluding hydrogens is 833 g/mol. The van der Waals surface area contributed by atoms with E-state index in [0.717, 1.165) is 22.7 Å². The number of fused-ring (bicyclic) bond motifs is 4. The SMILES string of the molecule is C=C/C=C\C.C=CC=C.c1ccc(-c2ccc(N(c3ccccc3)c3cccc4c(-c5ccc(-c6ccc7c(c6)c6ccccc6n7-c6ccc(-c7ccccc7)cc6)cc5)cccc34)cc2)cc1. The molecule has 2 nitrogen and oxygen atoms in total. The molecule has 0 atom stereocenters. The molecule has 11 aromatic rings. The molecule has 1 aromatic heterocycles. The van der Waals surface area contributed by atoms with Gasteiger partial charge in [-0.15, -0.1) is 0 Å². The van der Waals surface area contributed by atoms with E-state index >= 15 is 0 Å². The van der Waals surface area contributed by atoms with Crippen molar-refractivity contribution in [2.24, 2.45) is 0 Å². The third kappa shape index (κ3) is 9.79. The molecule has 1 heterocycles. The Balaban J connectivity index is 0.000000607. The van der Waals surface area contributed by atoms with Gasteiger partial charge in [0.05, 0.1) is 16.7 Å². The summed E-state index contributed by atoms with van der Waals surface area (Å²) in [6.45, 7) is 12.1. The highest BCUT2D eigenvalue weighted by Gasteiger charge is 2.18. The minimum absolute atomic E-state index is 1.11. The van der Waals surface area contributed by atoms with Crippen molar-refractivity contribution >= 4 is 49.6 Å². The van der Waals surface area contributed by atoms with Crippen molar-refractivity contribution in [1.29, 1.82) is 0 Å². The zero-order valence-electron chi connectivity index (χ0n) is 39.0. The van der Waals surface area contributed by atoms with Crippen LogP contribution in [0.15, 0.2) is 293 Å². The first kappa shape index (κ1) is 45.2. The molecule has 0 aliphatic heterocycles. The number of aromatic nitrogens is 1. The van der Waals surface area contributed by atoms with E-state index in [2.05, 4.69) is 272 Å². The lowest BCUT2D eigenvalue weighted by molar-refractivity contribution is 1.18. The lowest BCUT2D eigenvalue weighted by Gasteiger charge is -2.27. The summed E-state index contributed by atoms with van der Waals surface area (Å²) in [7, 11) is 0. The highest BCUT2D eigenvalue weighted by Crippen LogP contribution is 2.42. The lowest BCUT2D eigenvalue weighted by Crippen LogP contribution is -2.10. The molecule has 0 aliphatic carbocycles. The number of para-hydroxylation sites is 2. The van der Waals surface area contributed by atoms with E-state index in [1.54, 1.807) is 18.2 Å². The first-order chi connectivity index (χ1) is 34.1. The number of hydrogen-bond acceptors (Lipinski definition) is 1. The Morgan fingerprint density at radius 2 is 0.812 bits per heavy atom. The number of anilines is 3. The van der Waals surface area contributed by atoms with Crippen LogP contribution in [-0.4, -0.2) is 4.57 Å². The molecule has 10 aromatic carbocycles. The first-order valence-electron chi connectivity index (χ1n) is 23.4. The number of nitrogens with zero attached hydrogens (tertiary/aromatic N) is 2. The van der Waals surface area contributed by atoms with E-state index in [0.29, 0.717) is 0 Å². The molecule has 0 N–H and O–H groups in total. The minimum atomic E-state index is 1.11. The van der Waals surface area contributed by atoms with Crippen LogP contribution in [0.2, 0.25) is 0 Å². The number of benzene rings is 10. The Labute approximate surface area is 407 Å². The van der Waals surface area contributed by atoms with E-state index in [9.17, 15) is 0 Å². The van der Waals surface area contributed by atoms with Gasteiger partial charge in [0.25, 0.3) is 0 Å². The molecule has 0 saturated carbocycles. The Morgan fingerprint density at radius 3 is 1.42 bits per heavy atom. The maximum absolute atomic E-state index is 3.46. The summed E-state index contributed by atoms with van der Waals surface area (Å²) in [5, 5.41) is 4.92. The molecule has 0 bridgehead atoms. The molecule has 0 aliphatic rings. The van der Waals surface area contributed by atoms with Gasteiger partial charge in [-0.2, -0.15) is 0 Å². The summed E-state index contributed by atoms with van der Waals surface area (Å²) in [5.41, 5.74) is 16.6. The Kier molecular flexibility index (Phi) is 14.1. The predicted molar refractivity (Wildman–Crippen MR) is 300 cm³/mol. The summed E-state index contributed by atoms with van der Waals surface area (Å²) in [5.74, 6) is 0. The van der Waals surface area contributed by atoms with Gasteiger partial charge in [0, 0.05) is 33.2 Å². The topological polar surface area (TPSA) is 8.17 Å². The Morgan fingerprint density at radius 1 is 0.348 bits per heavy atom. The van der Waals surface area contributed by atoms with Gasteiger partial charge < -0.3 is 9.47 Å². The fourth-order valence-electron chi connectivity index (χ4n) is 9.02. The molecular formula is C67H54N2. The third-order valence-corrected chi connectivity index (χ3v) is 12.3. The van der Waals surface area contributed by atoms with E-state index in [4.69, 9.17) is 0 Å². The largest absolute Gasteiger partial charge is 0.310 e. The van der Waals surface area contributed by atoms with Gasteiger partial charge in [0.1, 0.15) is 0 Å². The fourth-order valence-corrected chi connectivity index (χ4v) is 9.02. The van der Waals surface area contributed by atoms with Gasteiger partial charge in [0.2, 0.25) is 0 Å². The fraction of sp³-hybridized carbons (Fsp3) is 0.0149. The van der Waals surface area contributed by atoms with E-state index in [1.165, 1.54) is 77.1 Å². The minimum Gasteiger partial charge on any atom is -0.310 e. The van der Waals surface area contributed by atoms with Crippen molar-refractivity contribution in [2.75, 3.05) is 4.90 Å². The third-order valence-electron chi connectivity index (χ3n) is 12.3. The van der Waals surface area contributed by atoms with Gasteiger partial charge in [-0.25, -0.2) is 0 Å². The Hall–Kier alpha value is -8.98. The molecule has 11 rings (SSSR count). The average molecular weight is 887 g/mol. The van der Waals surface area contributed by atoms with Crippen molar-refractivity contribution in [3.05, 3.63) is 293 Å². The quantitative estimate of drug-likeness (QED) is 0.124. The van der Waals surface area contributed by atoms with Crippen LogP contribution in [0.3, 0.4) is 0 Å². The molecule has 69 heavy (non-hydrogen) atoms. The zero-order valence-corrected chi connectivity index (χ0v) is 39.0. The smallest absolute Gasteiger partial charge is 0.0541 e. The van der Waals surface area contributed by atoms with Gasteiger partial charge in [-0.3, -0.25) is 0 Å². The normalized spacial score (nSPS) is 10.8. The van der Waals surface area contributed by atoms with Gasteiger partial charge in [-0.1, -0.05) is 232 Å². The first-order valence-corrected chi connectivity index (χ1v) is 23.4. The van der Waals surface area contributed by atoms with Crippen LogP contribution in [0.25, 0.3) is 82.8 Å². The molecule has 0 saturated heterocycles. The van der Waals surface area contributed by atoms with E-state index < -0.39 is 0 Å². The summed E-state index contributed by atoms with van der Waals surface area (Å²) >= 11 is 0. The number of allylic oxidation sites excluding steroid dienone is 5. The molecule has 2 heteroatoms. The Bertz CT molecular complexity index is 3500. The molecule has 0 spiro atoms. The van der Waals surface area contributed by atoms with Crippen LogP contribution in [0.1, 0.15) is 6.92 Å². The summed E-state index contributed by atoms with van der Waals surface area (Å²) < 4.78 is 2.39. The van der Waals surface area contributed by atoms with Crippen LogP contribution in [0, 0.1) is 0 Å². The van der Waals surface area contributed by atoms with Gasteiger partial charge in [0.15, 0.2) is 0 Å². The maximum Gasteiger partial charge on any atom is 0.0541 e. The van der Waals surface area contributed by atoms with Crippen LogP contribution >= 0.6 is 0 Å². The van der Waals surface area contributed by atoms with Crippen LogP contribution < -0.4 is 4.90 Å². The monoisotopic (exact) mass is 886 g/mol. The summed E-state index contributed by atoms with van der Waals surface area (Å²) in [4.78, 5) is 2.37. The van der Waals surface area contributed by atoms with Crippen molar-refractivity contribution in [3.8, 4) is 50.2 Å². The molecule has 0 fully saturated rings. The number of rotatable bonds is 10. The highest BCUT2D eigenvalue weighted by atomic mass is 15.1. The summed E-state index contributed by atoms with van der Waals surface area (Å²) in [6, 6.07) is 87.7. The molecule has 332 valence electrons. The zero-order chi connectivity index (χ0) is 47.4. The van der Waals surface area contributed by atoms with Gasteiger partial charge in [-0.05, 0) is 117 Å². The molecule has 0 radical (unpaired) electrons. The highest BCUT2D eigenvalue weighted by molar-refractivity contribution is 6.11. The second-order valence-corrected chi connectivity index (χ2v) is 16.6. The standard InChI is InChI=1S/C58H40N2.C5H8.C4H6/c1-4-14-41(15-5-1)43-30-35-49(36-31-43)59(48-18-8-3-9-19-48)56-25-13-22-52-51(21-12-23-53(52)56)46-28-26-45(27-29-46)47-34-39-58-55(40-47)54-20-10-11-24-57(54)60(58)50-37-32-44(33-38-50)42-16-6-2-7-17-42;1-3-5-4-2;1-3-4-2/h1-40H;3-5H,1H2,2H3;3-4H,1-2H2/b;5-4-;. The van der Waals surface area contributed by atoms with E-state index in [1.807, 2.05) is 19.1 Å². The molecule has 0 unspecified atom stereocenters. The second kappa shape index (κ2) is 21.5. The van der Waals surface area contributed by atoms with Crippen molar-refractivity contribution < 1.29 is 0 Å². The summed E-state index contributed by atoms with van der Waals surface area (Å²) in [6.07, 6.45) is 8.85. The van der Waals surface area contributed by atoms with Crippen LogP contribution in [0.5, 0.6) is 0 Å².